The molecule has 3 aromatic heterocycles. The number of pyridine rings is 2. The van der Waals surface area contributed by atoms with E-state index in [2.05, 4.69) is 26.8 Å². The number of imidazole rings is 1. The number of carbonyl (C=O) groups excluding carboxylic acids is 3. The number of nitrogens with zero attached hydrogens (tertiary/aromatic N) is 3. The van der Waals surface area contributed by atoms with Crippen LogP contribution in [0.2, 0.25) is 0 Å². The third-order valence-corrected chi connectivity index (χ3v) is 3.34. The summed E-state index contributed by atoms with van der Waals surface area (Å²) in [6, 6.07) is 11.0. The van der Waals surface area contributed by atoms with Crippen molar-refractivity contribution in [3.63, 3.8) is 0 Å². The second-order valence-corrected chi connectivity index (χ2v) is 6.33. The van der Waals surface area contributed by atoms with Crippen molar-refractivity contribution in [3.05, 3.63) is 65.9 Å². The van der Waals surface area contributed by atoms with Crippen LogP contribution in [0.15, 0.2) is 48.8 Å². The number of carbonyl (C=O) groups is 4. The summed E-state index contributed by atoms with van der Waals surface area (Å²) >= 11 is -0.363. The van der Waals surface area contributed by atoms with E-state index in [1.54, 1.807) is 37.5 Å². The number of aryl methyl sites for hydroxylation is 2. The van der Waals surface area contributed by atoms with Crippen molar-refractivity contribution in [2.45, 2.75) is 41.5 Å². The molecule has 0 spiro atoms. The number of aliphatic hydroxyl groups is 1. The smallest absolute Gasteiger partial charge is 0 e. The summed E-state index contributed by atoms with van der Waals surface area (Å²) in [5.41, 5.74) is 3.49. The molecule has 3 aromatic rings. The van der Waals surface area contributed by atoms with Gasteiger partial charge in [0.05, 0.1) is 5.69 Å². The normalized spacial score (nSPS) is 8.26. The molecule has 3 heterocycles. The maximum absolute atomic E-state index is 9.94. The van der Waals surface area contributed by atoms with Gasteiger partial charge in [0.25, 0.3) is 5.97 Å². The van der Waals surface area contributed by atoms with Gasteiger partial charge in [-0.15, -0.1) is 0 Å². The molecule has 1 atom stereocenters. The van der Waals surface area contributed by atoms with Gasteiger partial charge >= 0.3 is 29.3 Å². The number of aldehydes is 1. The van der Waals surface area contributed by atoms with Crippen LogP contribution in [0.4, 0.5) is 0 Å². The number of H-pyrrole nitrogens is 1. The van der Waals surface area contributed by atoms with E-state index in [-0.39, 0.29) is 78.9 Å². The van der Waals surface area contributed by atoms with Crippen LogP contribution in [0.5, 0.6) is 0 Å². The van der Waals surface area contributed by atoms with Crippen LogP contribution >= 0.6 is 28.7 Å². The zero-order valence-corrected chi connectivity index (χ0v) is 28.9. The fraction of sp³-hybridized carbons (Fsp3) is 0.292. The van der Waals surface area contributed by atoms with Crippen LogP contribution in [-0.4, -0.2) is 61.2 Å². The Kier molecular flexibility index (Phi) is 35.7. The minimum atomic E-state index is -0.833. The molecular weight excluding hydrogens is 701 g/mol. The zero-order chi connectivity index (χ0) is 29.2. The Morgan fingerprint density at radius 3 is 1.71 bits per heavy atom. The molecule has 0 saturated carbocycles. The molecule has 1 radical (unpaired) electrons. The maximum atomic E-state index is 9.94. The third kappa shape index (κ3) is 28.7. The van der Waals surface area contributed by atoms with Crippen molar-refractivity contribution in [1.29, 1.82) is 0.594 Å². The molecule has 0 aliphatic heterocycles. The van der Waals surface area contributed by atoms with Gasteiger partial charge in [-0.1, -0.05) is 12.1 Å². The predicted molar refractivity (Wildman–Crippen MR) is 160 cm³/mol. The molecule has 6 N–H and O–H groups in total. The first kappa shape index (κ1) is 43.2. The van der Waals surface area contributed by atoms with E-state index in [1.807, 2.05) is 32.0 Å². The number of aromatic nitrogens is 4. The van der Waals surface area contributed by atoms with Crippen LogP contribution in [0.25, 0.3) is 11.5 Å². The number of hydrogen-bond acceptors (Lipinski definition) is 9. The minimum absolute atomic E-state index is 0. The summed E-state index contributed by atoms with van der Waals surface area (Å²) in [4.78, 5) is 54.0. The number of rotatable bonds is 3. The van der Waals surface area contributed by atoms with Crippen LogP contribution in [0.1, 0.15) is 49.6 Å². The quantitative estimate of drug-likeness (QED) is 0.131. The molecule has 3 rings (SSSR count). The van der Waals surface area contributed by atoms with E-state index in [9.17, 15) is 14.4 Å². The van der Waals surface area contributed by atoms with Crippen molar-refractivity contribution >= 4 is 52.5 Å². The van der Waals surface area contributed by atoms with Gasteiger partial charge in [-0.25, -0.2) is 4.98 Å². The van der Waals surface area contributed by atoms with E-state index < -0.39 is 5.97 Å². The predicted octanol–water partition coefficient (Wildman–Crippen LogP) is 4.07. The van der Waals surface area contributed by atoms with E-state index in [1.165, 1.54) is 13.8 Å². The molecule has 0 bridgehead atoms. The minimum Gasteiger partial charge on any atom is 0 e. The average molecular weight is 741 g/mol. The number of aromatic amines is 1. The Balaban J connectivity index is -0.000000130. The number of Topliss-reactive ketones (excluding diaryl/α,β-unsaturated/α-hetero) is 2. The van der Waals surface area contributed by atoms with Gasteiger partial charge < -0.3 is 21.3 Å². The van der Waals surface area contributed by atoms with Gasteiger partial charge in [0, 0.05) is 78.2 Å². The van der Waals surface area contributed by atoms with E-state index >= 15 is 0 Å². The van der Waals surface area contributed by atoms with Gasteiger partial charge in [-0.2, -0.15) is 0 Å². The van der Waals surface area contributed by atoms with Crippen molar-refractivity contribution in [1.82, 2.24) is 26.1 Å². The molecule has 1 unspecified atom stereocenters. The van der Waals surface area contributed by atoms with E-state index in [0.29, 0.717) is 5.69 Å². The van der Waals surface area contributed by atoms with E-state index in [4.69, 9.17) is 15.6 Å². The summed E-state index contributed by atoms with van der Waals surface area (Å²) in [7, 11) is 0. The number of aliphatic hydroxyl groups excluding tert-OH is 1. The van der Waals surface area contributed by atoms with Gasteiger partial charge in [-0.3, -0.25) is 29.1 Å². The Morgan fingerprint density at radius 2 is 1.47 bits per heavy atom. The number of aliphatic carboxylic acids is 1. The Bertz CT molecular complexity index is 997. The number of ketones is 2. The number of carboxylic acids is 1. The van der Waals surface area contributed by atoms with Crippen molar-refractivity contribution in [3.8, 4) is 11.5 Å². The van der Waals surface area contributed by atoms with Crippen LogP contribution in [-0.2, 0) is 47.1 Å². The first-order chi connectivity index (χ1) is 17.4. The van der Waals surface area contributed by atoms with Gasteiger partial charge in [0.1, 0.15) is 11.4 Å². The molecule has 0 fully saturated rings. The van der Waals surface area contributed by atoms with Crippen LogP contribution in [0, 0.1) is 13.8 Å². The Hall–Kier alpha value is -1.83. The molecule has 0 saturated heterocycles. The van der Waals surface area contributed by atoms with Gasteiger partial charge in [0.15, 0.2) is 23.7 Å². The van der Waals surface area contributed by atoms with Crippen LogP contribution < -0.4 is 6.15 Å². The van der Waals surface area contributed by atoms with Crippen LogP contribution in [0.3, 0.4) is 0 Å². The molecule has 0 amide bonds. The molecule has 0 aromatic carbocycles. The number of carboxylic acid groups (broad SMARTS) is 1. The summed E-state index contributed by atoms with van der Waals surface area (Å²) in [5, 5.41) is 15.0. The monoisotopic (exact) mass is 741 g/mol. The summed E-state index contributed by atoms with van der Waals surface area (Å²) in [6.45, 7) is 11.9. The summed E-state index contributed by atoms with van der Waals surface area (Å²) in [5.74, 6) is -0.749. The SMILES string of the molecule is CC(=O)C(C)=O.CC(=O)O.CCO.Cc1nc(-c2ccccn2)[nH]c1C.N.O=Cc1ccccn1.[2H][IH]P.[Y]. The molecular formula is C24H39IN5O6PY. The van der Waals surface area contributed by atoms with Crippen molar-refractivity contribution < 1.29 is 62.1 Å². The Morgan fingerprint density at radius 1 is 1.05 bits per heavy atom. The molecule has 14 heteroatoms. The first-order valence-corrected chi connectivity index (χ1v) is 14.9. The zero-order valence-electron chi connectivity index (χ0n) is 23.5. The maximum Gasteiger partial charge on any atom is 0 e. The second-order valence-electron chi connectivity index (χ2n) is 6.33. The molecule has 0 aliphatic carbocycles. The summed E-state index contributed by atoms with van der Waals surface area (Å²) in [6.07, 6.45) is 4.08. The van der Waals surface area contributed by atoms with Gasteiger partial charge in [-0.05, 0) is 45.0 Å². The number of hydrogen-bond donors (Lipinski definition) is 4. The van der Waals surface area contributed by atoms with E-state index in [0.717, 1.165) is 36.1 Å². The average Bonchev–Trinajstić information content (AvgIpc) is 3.20. The fourth-order valence-corrected chi connectivity index (χ4v) is 1.62. The Labute approximate surface area is 265 Å². The third-order valence-electron chi connectivity index (χ3n) is 3.34. The number of nitrogens with one attached hydrogen (secondary N) is 1. The summed E-state index contributed by atoms with van der Waals surface area (Å²) < 4.78 is 6.30. The van der Waals surface area contributed by atoms with Crippen molar-refractivity contribution in [2.24, 2.45) is 0 Å². The second kappa shape index (κ2) is 31.4. The van der Waals surface area contributed by atoms with Crippen molar-refractivity contribution in [2.75, 3.05) is 6.61 Å². The first-order valence-electron chi connectivity index (χ1n) is 10.8. The molecule has 11 nitrogen and oxygen atoms in total. The number of halogens is 1. The topological polar surface area (TPSA) is 198 Å². The molecule has 211 valence electrons. The standard InChI is InChI=1S/C10H11N3.C6H5NO.C4H6O2.C2H4O2.C2H6O.H4IP.H3N.Y/c1-7-8(2)13-10(12-7)9-5-3-4-6-11-9;8-5-6-3-1-2-4-7-6;1-3(5)4(2)6;1-2(3)4;1-2-3;1-2;;/h3-6H,1-2H3,(H,12,13);1-5H;1-2H3;1H3,(H,3,4);3H,2H2,1H3;1-2H2;1H3;/i;;;;;1D;;. The van der Waals surface area contributed by atoms with Gasteiger partial charge in [0.2, 0.25) is 0 Å². The molecule has 38 heavy (non-hydrogen) atoms. The molecule has 0 aliphatic rings. The fourth-order valence-electron chi connectivity index (χ4n) is 1.62. The largest absolute Gasteiger partial charge is 0 e.